The van der Waals surface area contributed by atoms with Gasteiger partial charge in [-0.1, -0.05) is 19.1 Å². The van der Waals surface area contributed by atoms with E-state index in [1.807, 2.05) is 31.2 Å². The third-order valence-electron chi connectivity index (χ3n) is 2.54. The van der Waals surface area contributed by atoms with Crippen molar-refractivity contribution in [2.45, 2.75) is 20.3 Å². The molecule has 16 heavy (non-hydrogen) atoms. The molecule has 0 heterocycles. The lowest BCUT2D eigenvalue weighted by Crippen LogP contribution is -2.30. The molecule has 0 aliphatic carbocycles. The minimum Gasteiger partial charge on any atom is -0.372 e. The van der Waals surface area contributed by atoms with Gasteiger partial charge in [-0.05, 0) is 31.0 Å². The molecule has 3 nitrogen and oxygen atoms in total. The lowest BCUT2D eigenvalue weighted by molar-refractivity contribution is -0.122. The minimum absolute atomic E-state index is 0.0221. The molecule has 0 saturated carbocycles. The van der Waals surface area contributed by atoms with E-state index in [1.54, 1.807) is 11.9 Å². The first-order chi connectivity index (χ1) is 7.69. The Labute approximate surface area is 97.0 Å². The van der Waals surface area contributed by atoms with Gasteiger partial charge in [-0.15, -0.1) is 0 Å². The van der Waals surface area contributed by atoms with Crippen LogP contribution in [-0.4, -0.2) is 26.2 Å². The average molecular weight is 221 g/mol. The van der Waals surface area contributed by atoms with Gasteiger partial charge >= 0.3 is 0 Å². The lowest BCUT2D eigenvalue weighted by Gasteiger charge is -2.17. The number of hydrogen-bond donors (Lipinski definition) is 0. The summed E-state index contributed by atoms with van der Waals surface area (Å²) in [5.41, 5.74) is 2.18. The summed E-state index contributed by atoms with van der Waals surface area (Å²) < 4.78 is 5.09. The van der Waals surface area contributed by atoms with Gasteiger partial charge in [0, 0.05) is 19.3 Å². The number of carbonyl (C=O) groups is 1. The molecule has 1 rings (SSSR count). The Morgan fingerprint density at radius 3 is 2.38 bits per heavy atom. The molecule has 0 radical (unpaired) electrons. The van der Waals surface area contributed by atoms with Crippen molar-refractivity contribution in [2.75, 3.05) is 25.2 Å². The first-order valence-corrected chi connectivity index (χ1v) is 5.62. The number of nitrogens with zero attached hydrogens (tertiary/aromatic N) is 1. The molecular formula is C13H19NO2. The molecule has 0 fully saturated rings. The number of hydrogen-bond acceptors (Lipinski definition) is 2. The molecule has 0 saturated heterocycles. The van der Waals surface area contributed by atoms with Crippen LogP contribution >= 0.6 is 0 Å². The highest BCUT2D eigenvalue weighted by molar-refractivity contribution is 5.93. The summed E-state index contributed by atoms with van der Waals surface area (Å²) in [6, 6.07) is 8.00. The van der Waals surface area contributed by atoms with Gasteiger partial charge in [0.2, 0.25) is 0 Å². The van der Waals surface area contributed by atoms with Crippen molar-refractivity contribution in [3.05, 3.63) is 29.8 Å². The van der Waals surface area contributed by atoms with Crippen molar-refractivity contribution in [1.82, 2.24) is 0 Å². The highest BCUT2D eigenvalue weighted by Gasteiger charge is 2.10. The molecule has 1 aromatic rings. The van der Waals surface area contributed by atoms with E-state index >= 15 is 0 Å². The molecule has 0 aliphatic rings. The third kappa shape index (κ3) is 3.35. The van der Waals surface area contributed by atoms with Crippen molar-refractivity contribution >= 4 is 11.6 Å². The second-order valence-corrected chi connectivity index (χ2v) is 3.61. The molecule has 3 heteroatoms. The largest absolute Gasteiger partial charge is 0.372 e. The predicted octanol–water partition coefficient (Wildman–Crippen LogP) is 2.25. The number of ether oxygens (including phenoxy) is 1. The highest BCUT2D eigenvalue weighted by Crippen LogP contribution is 2.14. The molecule has 0 atom stereocenters. The molecule has 1 amide bonds. The van der Waals surface area contributed by atoms with Gasteiger partial charge in [0.1, 0.15) is 6.61 Å². The standard InChI is InChI=1S/C13H19NO2/c1-4-11-6-8-12(9-7-11)14(3)13(15)10-16-5-2/h6-9H,4-5,10H2,1-3H3. The van der Waals surface area contributed by atoms with Gasteiger partial charge in [0.15, 0.2) is 0 Å². The van der Waals surface area contributed by atoms with E-state index in [4.69, 9.17) is 4.74 Å². The zero-order valence-electron chi connectivity index (χ0n) is 10.2. The summed E-state index contributed by atoms with van der Waals surface area (Å²) in [5, 5.41) is 0. The number of aryl methyl sites for hydroxylation is 1. The van der Waals surface area contributed by atoms with Crippen molar-refractivity contribution in [1.29, 1.82) is 0 Å². The van der Waals surface area contributed by atoms with Crippen LogP contribution in [0.1, 0.15) is 19.4 Å². The Morgan fingerprint density at radius 2 is 1.88 bits per heavy atom. The number of benzene rings is 1. The van der Waals surface area contributed by atoms with Crippen LogP contribution in [-0.2, 0) is 16.0 Å². The van der Waals surface area contributed by atoms with E-state index in [2.05, 4.69) is 6.92 Å². The summed E-state index contributed by atoms with van der Waals surface area (Å²) in [7, 11) is 1.77. The normalized spacial score (nSPS) is 10.2. The predicted molar refractivity (Wildman–Crippen MR) is 65.7 cm³/mol. The Bertz CT molecular complexity index is 332. The quantitative estimate of drug-likeness (QED) is 0.763. The number of amides is 1. The molecule has 1 aromatic carbocycles. The molecule has 0 aliphatic heterocycles. The number of rotatable bonds is 5. The van der Waals surface area contributed by atoms with Crippen LogP contribution < -0.4 is 4.90 Å². The summed E-state index contributed by atoms with van der Waals surface area (Å²) >= 11 is 0. The lowest BCUT2D eigenvalue weighted by atomic mass is 10.1. The van der Waals surface area contributed by atoms with Gasteiger partial charge in [0.25, 0.3) is 5.91 Å². The van der Waals surface area contributed by atoms with Gasteiger partial charge in [-0.3, -0.25) is 4.79 Å². The SMILES string of the molecule is CCOCC(=O)N(C)c1ccc(CC)cc1. The zero-order chi connectivity index (χ0) is 12.0. The van der Waals surface area contributed by atoms with E-state index in [0.717, 1.165) is 12.1 Å². The average Bonchev–Trinajstić information content (AvgIpc) is 2.35. The summed E-state index contributed by atoms with van der Waals surface area (Å²) in [6.45, 7) is 4.69. The first kappa shape index (κ1) is 12.7. The second-order valence-electron chi connectivity index (χ2n) is 3.61. The number of anilines is 1. The van der Waals surface area contributed by atoms with E-state index in [1.165, 1.54) is 5.56 Å². The van der Waals surface area contributed by atoms with Crippen LogP contribution in [0.4, 0.5) is 5.69 Å². The van der Waals surface area contributed by atoms with Crippen molar-refractivity contribution in [3.63, 3.8) is 0 Å². The molecule has 0 aromatic heterocycles. The van der Waals surface area contributed by atoms with E-state index in [-0.39, 0.29) is 12.5 Å². The molecule has 88 valence electrons. The summed E-state index contributed by atoms with van der Waals surface area (Å²) in [6.07, 6.45) is 1.01. The van der Waals surface area contributed by atoms with Gasteiger partial charge < -0.3 is 9.64 Å². The van der Waals surface area contributed by atoms with Gasteiger partial charge in [0.05, 0.1) is 0 Å². The fraction of sp³-hybridized carbons (Fsp3) is 0.462. The summed E-state index contributed by atoms with van der Waals surface area (Å²) in [4.78, 5) is 13.3. The maximum absolute atomic E-state index is 11.7. The second kappa shape index (κ2) is 6.28. The van der Waals surface area contributed by atoms with Crippen molar-refractivity contribution in [3.8, 4) is 0 Å². The number of likely N-dealkylation sites (N-methyl/N-ethyl adjacent to an activating group) is 1. The first-order valence-electron chi connectivity index (χ1n) is 5.62. The van der Waals surface area contributed by atoms with E-state index < -0.39 is 0 Å². The summed E-state index contributed by atoms with van der Waals surface area (Å²) in [5.74, 6) is -0.0221. The van der Waals surface area contributed by atoms with Crippen LogP contribution in [0, 0.1) is 0 Å². The van der Waals surface area contributed by atoms with Gasteiger partial charge in [-0.25, -0.2) is 0 Å². The number of carbonyl (C=O) groups excluding carboxylic acids is 1. The fourth-order valence-corrected chi connectivity index (χ4v) is 1.39. The Balaban J connectivity index is 2.64. The minimum atomic E-state index is -0.0221. The third-order valence-corrected chi connectivity index (χ3v) is 2.54. The maximum Gasteiger partial charge on any atom is 0.252 e. The fourth-order valence-electron chi connectivity index (χ4n) is 1.39. The molecule has 0 bridgehead atoms. The topological polar surface area (TPSA) is 29.5 Å². The van der Waals surface area contributed by atoms with Crippen LogP contribution in [0.3, 0.4) is 0 Å². The van der Waals surface area contributed by atoms with Crippen molar-refractivity contribution < 1.29 is 9.53 Å². The van der Waals surface area contributed by atoms with Crippen LogP contribution in [0.25, 0.3) is 0 Å². The van der Waals surface area contributed by atoms with Gasteiger partial charge in [-0.2, -0.15) is 0 Å². The van der Waals surface area contributed by atoms with Crippen molar-refractivity contribution in [2.24, 2.45) is 0 Å². The Hall–Kier alpha value is -1.35. The molecule has 0 spiro atoms. The van der Waals surface area contributed by atoms with E-state index in [9.17, 15) is 4.79 Å². The zero-order valence-corrected chi connectivity index (χ0v) is 10.2. The molecule has 0 N–H and O–H groups in total. The molecule has 0 unspecified atom stereocenters. The monoisotopic (exact) mass is 221 g/mol. The van der Waals surface area contributed by atoms with Crippen LogP contribution in [0.2, 0.25) is 0 Å². The Kier molecular flexibility index (Phi) is 4.99. The smallest absolute Gasteiger partial charge is 0.252 e. The molecular weight excluding hydrogens is 202 g/mol. The Morgan fingerprint density at radius 1 is 1.25 bits per heavy atom. The van der Waals surface area contributed by atoms with E-state index in [0.29, 0.717) is 6.61 Å². The highest BCUT2D eigenvalue weighted by atomic mass is 16.5. The maximum atomic E-state index is 11.7. The van der Waals surface area contributed by atoms with Crippen LogP contribution in [0.15, 0.2) is 24.3 Å². The van der Waals surface area contributed by atoms with Crippen LogP contribution in [0.5, 0.6) is 0 Å².